The summed E-state index contributed by atoms with van der Waals surface area (Å²) >= 11 is 0. The fraction of sp³-hybridized carbons (Fsp3) is 0.500. The molecule has 1 saturated carbocycles. The van der Waals surface area contributed by atoms with Crippen LogP contribution in [0, 0.1) is 17.6 Å². The van der Waals surface area contributed by atoms with Crippen LogP contribution in [0.25, 0.3) is 0 Å². The van der Waals surface area contributed by atoms with Gasteiger partial charge in [0, 0.05) is 6.42 Å². The maximum Gasteiger partial charge on any atom is 0.303 e. The summed E-state index contributed by atoms with van der Waals surface area (Å²) in [5, 5.41) is 8.72. The molecule has 0 aliphatic heterocycles. The Labute approximate surface area is 105 Å². The van der Waals surface area contributed by atoms with Crippen molar-refractivity contribution in [3.63, 3.8) is 0 Å². The normalized spacial score (nSPS) is 23.9. The summed E-state index contributed by atoms with van der Waals surface area (Å²) < 4.78 is 26.7. The summed E-state index contributed by atoms with van der Waals surface area (Å²) in [6.45, 7) is 0. The van der Waals surface area contributed by atoms with Crippen LogP contribution >= 0.6 is 0 Å². The maximum atomic E-state index is 13.6. The molecule has 1 aliphatic carbocycles. The van der Waals surface area contributed by atoms with E-state index in [1.807, 2.05) is 0 Å². The lowest BCUT2D eigenvalue weighted by Crippen LogP contribution is -2.17. The molecule has 0 amide bonds. The molecule has 0 aromatic heterocycles. The Morgan fingerprint density at radius 3 is 2.50 bits per heavy atom. The number of halogens is 2. The molecule has 0 spiro atoms. The highest BCUT2D eigenvalue weighted by Crippen LogP contribution is 2.38. The van der Waals surface area contributed by atoms with Gasteiger partial charge in [0.1, 0.15) is 11.6 Å². The first-order valence-electron chi connectivity index (χ1n) is 6.23. The monoisotopic (exact) mass is 254 g/mol. The molecule has 0 heterocycles. The van der Waals surface area contributed by atoms with Crippen molar-refractivity contribution in [2.75, 3.05) is 0 Å². The zero-order valence-corrected chi connectivity index (χ0v) is 10.0. The third kappa shape index (κ3) is 3.06. The molecule has 0 unspecified atom stereocenters. The van der Waals surface area contributed by atoms with E-state index in [1.165, 1.54) is 6.07 Å². The van der Waals surface area contributed by atoms with Crippen LogP contribution in [0.15, 0.2) is 18.2 Å². The van der Waals surface area contributed by atoms with E-state index in [1.54, 1.807) is 0 Å². The molecule has 0 saturated heterocycles. The van der Waals surface area contributed by atoms with Gasteiger partial charge >= 0.3 is 5.97 Å². The van der Waals surface area contributed by atoms with Crippen LogP contribution in [-0.2, 0) is 4.79 Å². The van der Waals surface area contributed by atoms with E-state index in [2.05, 4.69) is 0 Å². The summed E-state index contributed by atoms with van der Waals surface area (Å²) in [4.78, 5) is 10.6. The summed E-state index contributed by atoms with van der Waals surface area (Å²) in [6, 6.07) is 3.54. The second-order valence-electron chi connectivity index (χ2n) is 4.98. The third-order valence-corrected chi connectivity index (χ3v) is 3.71. The topological polar surface area (TPSA) is 37.3 Å². The van der Waals surface area contributed by atoms with Crippen LogP contribution in [-0.4, -0.2) is 11.1 Å². The number of aliphatic carboxylic acids is 1. The number of carboxylic acid groups (broad SMARTS) is 1. The highest BCUT2D eigenvalue weighted by Gasteiger charge is 2.25. The largest absolute Gasteiger partial charge is 0.481 e. The van der Waals surface area contributed by atoms with Crippen LogP contribution in [0.4, 0.5) is 8.78 Å². The van der Waals surface area contributed by atoms with Gasteiger partial charge < -0.3 is 5.11 Å². The summed E-state index contributed by atoms with van der Waals surface area (Å²) in [6.07, 6.45) is 3.19. The highest BCUT2D eigenvalue weighted by molar-refractivity contribution is 5.67. The second kappa shape index (κ2) is 5.46. The molecule has 98 valence electrons. The standard InChI is InChI=1S/C14H16F2O2/c15-11-5-6-13(16)12(8-11)10-3-1-9(2-4-10)7-14(17)18/h5-6,8-10H,1-4,7H2,(H,17,18). The lowest BCUT2D eigenvalue weighted by molar-refractivity contribution is -0.138. The Hall–Kier alpha value is -1.45. The van der Waals surface area contributed by atoms with Crippen LogP contribution in [0.2, 0.25) is 0 Å². The van der Waals surface area contributed by atoms with E-state index in [9.17, 15) is 13.6 Å². The number of carbonyl (C=O) groups is 1. The van der Waals surface area contributed by atoms with Gasteiger partial charge in [-0.15, -0.1) is 0 Å². The van der Waals surface area contributed by atoms with Crippen molar-refractivity contribution in [2.45, 2.75) is 38.0 Å². The number of hydrogen-bond acceptors (Lipinski definition) is 1. The molecule has 2 rings (SSSR count). The lowest BCUT2D eigenvalue weighted by atomic mass is 9.77. The second-order valence-corrected chi connectivity index (χ2v) is 4.98. The van der Waals surface area contributed by atoms with Gasteiger partial charge in [0.2, 0.25) is 0 Å². The number of benzene rings is 1. The van der Waals surface area contributed by atoms with Crippen molar-refractivity contribution in [3.05, 3.63) is 35.4 Å². The molecule has 1 N–H and O–H groups in total. The predicted octanol–water partition coefficient (Wildman–Crippen LogP) is 3.71. The van der Waals surface area contributed by atoms with Gasteiger partial charge in [0.15, 0.2) is 0 Å². The van der Waals surface area contributed by atoms with Gasteiger partial charge in [-0.3, -0.25) is 4.79 Å². The molecular weight excluding hydrogens is 238 g/mol. The van der Waals surface area contributed by atoms with Gasteiger partial charge in [-0.2, -0.15) is 0 Å². The molecule has 2 nitrogen and oxygen atoms in total. The minimum Gasteiger partial charge on any atom is -0.481 e. The predicted molar refractivity (Wildman–Crippen MR) is 63.3 cm³/mol. The van der Waals surface area contributed by atoms with Crippen molar-refractivity contribution in [3.8, 4) is 0 Å². The lowest BCUT2D eigenvalue weighted by Gasteiger charge is -2.28. The Morgan fingerprint density at radius 2 is 1.89 bits per heavy atom. The molecule has 0 bridgehead atoms. The van der Waals surface area contributed by atoms with Gasteiger partial charge in [-0.25, -0.2) is 8.78 Å². The molecule has 0 radical (unpaired) electrons. The minimum absolute atomic E-state index is 0.0192. The Bertz CT molecular complexity index is 437. The van der Waals surface area contributed by atoms with Gasteiger partial charge in [-0.05, 0) is 61.3 Å². The van der Waals surface area contributed by atoms with E-state index in [4.69, 9.17) is 5.11 Å². The van der Waals surface area contributed by atoms with Crippen molar-refractivity contribution in [1.29, 1.82) is 0 Å². The van der Waals surface area contributed by atoms with Gasteiger partial charge in [0.05, 0.1) is 0 Å². The number of carboxylic acids is 1. The van der Waals surface area contributed by atoms with Crippen LogP contribution < -0.4 is 0 Å². The Balaban J connectivity index is 2.01. The third-order valence-electron chi connectivity index (χ3n) is 3.71. The number of rotatable bonds is 3. The van der Waals surface area contributed by atoms with E-state index in [0.29, 0.717) is 5.56 Å². The van der Waals surface area contributed by atoms with Crippen LogP contribution in [0.3, 0.4) is 0 Å². The fourth-order valence-electron chi connectivity index (χ4n) is 2.75. The van der Waals surface area contributed by atoms with Crippen molar-refractivity contribution in [1.82, 2.24) is 0 Å². The van der Waals surface area contributed by atoms with Crippen molar-refractivity contribution < 1.29 is 18.7 Å². The van der Waals surface area contributed by atoms with E-state index >= 15 is 0 Å². The van der Waals surface area contributed by atoms with Crippen LogP contribution in [0.5, 0.6) is 0 Å². The van der Waals surface area contributed by atoms with E-state index < -0.39 is 11.8 Å². The Morgan fingerprint density at radius 1 is 1.22 bits per heavy atom. The molecular formula is C14H16F2O2. The molecule has 1 fully saturated rings. The first kappa shape index (κ1) is 13.0. The molecule has 1 aromatic carbocycles. The van der Waals surface area contributed by atoms with E-state index in [0.717, 1.165) is 37.8 Å². The first-order chi connectivity index (χ1) is 8.56. The van der Waals surface area contributed by atoms with Gasteiger partial charge in [-0.1, -0.05) is 0 Å². The molecule has 18 heavy (non-hydrogen) atoms. The molecule has 1 aliphatic rings. The molecule has 4 heteroatoms. The smallest absolute Gasteiger partial charge is 0.303 e. The molecule has 1 aromatic rings. The zero-order chi connectivity index (χ0) is 13.1. The number of hydrogen-bond donors (Lipinski definition) is 1. The van der Waals surface area contributed by atoms with Crippen molar-refractivity contribution >= 4 is 5.97 Å². The average Bonchev–Trinajstić information content (AvgIpc) is 2.33. The fourth-order valence-corrected chi connectivity index (χ4v) is 2.75. The quantitative estimate of drug-likeness (QED) is 0.892. The molecule has 0 atom stereocenters. The maximum absolute atomic E-state index is 13.6. The highest BCUT2D eigenvalue weighted by atomic mass is 19.1. The SMILES string of the molecule is O=C(O)CC1CCC(c2cc(F)ccc2F)CC1. The summed E-state index contributed by atoms with van der Waals surface area (Å²) in [5.74, 6) is -1.37. The zero-order valence-electron chi connectivity index (χ0n) is 10.0. The summed E-state index contributed by atoms with van der Waals surface area (Å²) in [5.41, 5.74) is 0.434. The van der Waals surface area contributed by atoms with Crippen molar-refractivity contribution in [2.24, 2.45) is 5.92 Å². The minimum atomic E-state index is -0.782. The Kier molecular flexibility index (Phi) is 3.94. The van der Waals surface area contributed by atoms with Gasteiger partial charge in [0.25, 0.3) is 0 Å². The average molecular weight is 254 g/mol. The van der Waals surface area contributed by atoms with Crippen LogP contribution in [0.1, 0.15) is 43.6 Å². The first-order valence-corrected chi connectivity index (χ1v) is 6.23. The van der Waals surface area contributed by atoms with E-state index in [-0.39, 0.29) is 24.1 Å². The summed E-state index contributed by atoms with van der Waals surface area (Å²) in [7, 11) is 0.